The Kier molecular flexibility index (Phi) is 4.10. The largest absolute Gasteiger partial charge is 0.497 e. The minimum Gasteiger partial charge on any atom is -0.497 e. The Morgan fingerprint density at radius 3 is 2.58 bits per heavy atom. The molecule has 104 valence electrons. The summed E-state index contributed by atoms with van der Waals surface area (Å²) in [5.41, 5.74) is 6.95. The summed E-state index contributed by atoms with van der Waals surface area (Å²) in [7, 11) is 1.66. The second-order valence-electron chi connectivity index (χ2n) is 5.33. The van der Waals surface area contributed by atoms with Crippen LogP contribution in [0.5, 0.6) is 5.75 Å². The summed E-state index contributed by atoms with van der Waals surface area (Å²) in [6.45, 7) is 4.59. The van der Waals surface area contributed by atoms with E-state index in [9.17, 15) is 4.79 Å². The van der Waals surface area contributed by atoms with E-state index in [0.717, 1.165) is 18.7 Å². The molecule has 2 rings (SSSR count). The van der Waals surface area contributed by atoms with Gasteiger partial charge in [-0.05, 0) is 38.0 Å². The topological polar surface area (TPSA) is 55.6 Å². The predicted octanol–water partition coefficient (Wildman–Crippen LogP) is 1.75. The Morgan fingerprint density at radius 2 is 2.05 bits per heavy atom. The maximum absolute atomic E-state index is 12.0. The molecule has 1 heterocycles. The summed E-state index contributed by atoms with van der Waals surface area (Å²) in [6.07, 6.45) is 0.991. The summed E-state index contributed by atoms with van der Waals surface area (Å²) in [5, 5.41) is 0. The molecular formula is C15H22N2O2. The van der Waals surface area contributed by atoms with E-state index in [4.69, 9.17) is 10.5 Å². The first-order valence-corrected chi connectivity index (χ1v) is 6.73. The number of carbonyl (C=O) groups excluding carboxylic acids is 1. The molecule has 2 N–H and O–H groups in total. The highest BCUT2D eigenvalue weighted by Crippen LogP contribution is 2.32. The molecule has 0 aromatic heterocycles. The molecule has 3 atom stereocenters. The number of nitrogens with zero attached hydrogens (tertiary/aromatic N) is 1. The molecule has 1 saturated heterocycles. The number of benzene rings is 1. The van der Waals surface area contributed by atoms with Gasteiger partial charge in [-0.2, -0.15) is 0 Å². The Labute approximate surface area is 114 Å². The Balaban J connectivity index is 2.09. The van der Waals surface area contributed by atoms with Crippen LogP contribution in [-0.2, 0) is 4.79 Å². The lowest BCUT2D eigenvalue weighted by Crippen LogP contribution is -2.43. The first-order chi connectivity index (χ1) is 9.02. The number of ether oxygens (including phenoxy) is 1. The van der Waals surface area contributed by atoms with Crippen molar-refractivity contribution in [2.75, 3.05) is 13.7 Å². The first kappa shape index (κ1) is 13.9. The molecule has 1 aliphatic rings. The number of carbonyl (C=O) groups is 1. The number of likely N-dealkylation sites (tertiary alicyclic amines) is 1. The molecule has 19 heavy (non-hydrogen) atoms. The summed E-state index contributed by atoms with van der Waals surface area (Å²) in [6, 6.07) is 7.93. The second kappa shape index (κ2) is 5.61. The Morgan fingerprint density at radius 1 is 1.42 bits per heavy atom. The molecule has 1 aliphatic heterocycles. The number of hydrogen-bond acceptors (Lipinski definition) is 3. The average molecular weight is 262 g/mol. The summed E-state index contributed by atoms with van der Waals surface area (Å²) >= 11 is 0. The normalized spacial score (nSPS) is 24.3. The van der Waals surface area contributed by atoms with Gasteiger partial charge in [0.15, 0.2) is 0 Å². The van der Waals surface area contributed by atoms with Crippen LogP contribution in [0.2, 0.25) is 0 Å². The van der Waals surface area contributed by atoms with Crippen molar-refractivity contribution < 1.29 is 9.53 Å². The SMILES string of the molecule is COc1ccc([C@H]2C[C@H](C)N(C(=O)[C@@H](C)N)C2)cc1. The lowest BCUT2D eigenvalue weighted by molar-refractivity contribution is -0.132. The number of amides is 1. The fourth-order valence-corrected chi connectivity index (χ4v) is 2.72. The van der Waals surface area contributed by atoms with Crippen molar-refractivity contribution in [2.45, 2.75) is 38.3 Å². The van der Waals surface area contributed by atoms with Gasteiger partial charge < -0.3 is 15.4 Å². The van der Waals surface area contributed by atoms with Crippen LogP contribution >= 0.6 is 0 Å². The fraction of sp³-hybridized carbons (Fsp3) is 0.533. The molecule has 1 fully saturated rings. The monoisotopic (exact) mass is 262 g/mol. The maximum atomic E-state index is 12.0. The van der Waals surface area contributed by atoms with Gasteiger partial charge in [-0.3, -0.25) is 4.79 Å². The quantitative estimate of drug-likeness (QED) is 0.903. The van der Waals surface area contributed by atoms with Crippen LogP contribution in [0, 0.1) is 0 Å². The van der Waals surface area contributed by atoms with Crippen molar-refractivity contribution in [3.63, 3.8) is 0 Å². The van der Waals surface area contributed by atoms with E-state index in [2.05, 4.69) is 19.1 Å². The summed E-state index contributed by atoms with van der Waals surface area (Å²) in [5.74, 6) is 1.30. The van der Waals surface area contributed by atoms with Crippen LogP contribution < -0.4 is 10.5 Å². The van der Waals surface area contributed by atoms with E-state index in [-0.39, 0.29) is 11.9 Å². The van der Waals surface area contributed by atoms with Gasteiger partial charge in [0.05, 0.1) is 13.2 Å². The predicted molar refractivity (Wildman–Crippen MR) is 75.2 cm³/mol. The lowest BCUT2D eigenvalue weighted by atomic mass is 9.97. The molecule has 1 aromatic rings. The van der Waals surface area contributed by atoms with Crippen molar-refractivity contribution in [3.05, 3.63) is 29.8 Å². The summed E-state index contributed by atoms with van der Waals surface area (Å²) in [4.78, 5) is 13.9. The number of nitrogens with two attached hydrogens (primary N) is 1. The van der Waals surface area contributed by atoms with Crippen molar-refractivity contribution in [1.82, 2.24) is 4.90 Å². The van der Waals surface area contributed by atoms with Gasteiger partial charge in [0, 0.05) is 18.5 Å². The third-order valence-electron chi connectivity index (χ3n) is 3.83. The Bertz CT molecular complexity index is 442. The zero-order valence-corrected chi connectivity index (χ0v) is 11.8. The fourth-order valence-electron chi connectivity index (χ4n) is 2.72. The highest BCUT2D eigenvalue weighted by atomic mass is 16.5. The maximum Gasteiger partial charge on any atom is 0.239 e. The summed E-state index contributed by atoms with van der Waals surface area (Å²) < 4.78 is 5.16. The highest BCUT2D eigenvalue weighted by molar-refractivity contribution is 5.81. The van der Waals surface area contributed by atoms with E-state index in [1.54, 1.807) is 14.0 Å². The van der Waals surface area contributed by atoms with Crippen LogP contribution in [0.15, 0.2) is 24.3 Å². The molecule has 0 bridgehead atoms. The highest BCUT2D eigenvalue weighted by Gasteiger charge is 2.34. The third kappa shape index (κ3) is 2.89. The molecule has 0 saturated carbocycles. The molecule has 0 aliphatic carbocycles. The van der Waals surface area contributed by atoms with Crippen molar-refractivity contribution in [3.8, 4) is 5.75 Å². The average Bonchev–Trinajstić information content (AvgIpc) is 2.80. The third-order valence-corrected chi connectivity index (χ3v) is 3.83. The second-order valence-corrected chi connectivity index (χ2v) is 5.33. The zero-order valence-electron chi connectivity index (χ0n) is 11.8. The van der Waals surface area contributed by atoms with E-state index >= 15 is 0 Å². The molecule has 1 amide bonds. The molecule has 0 unspecified atom stereocenters. The van der Waals surface area contributed by atoms with Gasteiger partial charge >= 0.3 is 0 Å². The van der Waals surface area contributed by atoms with E-state index in [1.165, 1.54) is 5.56 Å². The van der Waals surface area contributed by atoms with Crippen LogP contribution in [0.1, 0.15) is 31.7 Å². The van der Waals surface area contributed by atoms with Gasteiger partial charge in [-0.15, -0.1) is 0 Å². The lowest BCUT2D eigenvalue weighted by Gasteiger charge is -2.23. The molecule has 4 heteroatoms. The first-order valence-electron chi connectivity index (χ1n) is 6.73. The van der Waals surface area contributed by atoms with Crippen molar-refractivity contribution in [2.24, 2.45) is 5.73 Å². The van der Waals surface area contributed by atoms with Crippen molar-refractivity contribution in [1.29, 1.82) is 0 Å². The minimum atomic E-state index is -0.419. The number of hydrogen-bond donors (Lipinski definition) is 1. The van der Waals surface area contributed by atoms with E-state index < -0.39 is 6.04 Å². The van der Waals surface area contributed by atoms with Gasteiger partial charge in [0.25, 0.3) is 0 Å². The van der Waals surface area contributed by atoms with Crippen LogP contribution in [0.25, 0.3) is 0 Å². The molecule has 0 spiro atoms. The molecule has 1 aromatic carbocycles. The number of rotatable bonds is 3. The van der Waals surface area contributed by atoms with Gasteiger partial charge in [0.2, 0.25) is 5.91 Å². The molecule has 0 radical (unpaired) electrons. The van der Waals surface area contributed by atoms with Crippen molar-refractivity contribution >= 4 is 5.91 Å². The van der Waals surface area contributed by atoms with E-state index in [1.807, 2.05) is 17.0 Å². The minimum absolute atomic E-state index is 0.0449. The molecular weight excluding hydrogens is 240 g/mol. The van der Waals surface area contributed by atoms with Crippen LogP contribution in [0.4, 0.5) is 0 Å². The van der Waals surface area contributed by atoms with Crippen LogP contribution in [-0.4, -0.2) is 36.5 Å². The standard InChI is InChI=1S/C15H22N2O2/c1-10-8-13(9-17(10)15(18)11(2)16)12-4-6-14(19-3)7-5-12/h4-7,10-11,13H,8-9,16H2,1-3H3/t10-,11+,13-/m0/s1. The van der Waals surface area contributed by atoms with Gasteiger partial charge in [0.1, 0.15) is 5.75 Å². The van der Waals surface area contributed by atoms with Crippen LogP contribution in [0.3, 0.4) is 0 Å². The molecule has 4 nitrogen and oxygen atoms in total. The Hall–Kier alpha value is -1.55. The number of methoxy groups -OCH3 is 1. The van der Waals surface area contributed by atoms with Gasteiger partial charge in [-0.1, -0.05) is 12.1 Å². The van der Waals surface area contributed by atoms with Gasteiger partial charge in [-0.25, -0.2) is 0 Å². The van der Waals surface area contributed by atoms with E-state index in [0.29, 0.717) is 5.92 Å². The zero-order chi connectivity index (χ0) is 14.0. The smallest absolute Gasteiger partial charge is 0.239 e.